The van der Waals surface area contributed by atoms with Crippen LogP contribution in [0.15, 0.2) is 11.1 Å². The molecule has 2 aromatic heterocycles. The number of hydrogen-bond acceptors (Lipinski definition) is 5. The fraction of sp³-hybridized carbons (Fsp3) is 0.600. The molecule has 0 aliphatic carbocycles. The predicted octanol–water partition coefficient (Wildman–Crippen LogP) is 0.401. The number of fused-ring (bicyclic) bond motifs is 1. The van der Waals surface area contributed by atoms with E-state index in [2.05, 4.69) is 29.0 Å². The van der Waals surface area contributed by atoms with Gasteiger partial charge in [0.25, 0.3) is 11.5 Å². The molecular weight excluding hydrogens is 298 g/mol. The molecule has 0 saturated carbocycles. The van der Waals surface area contributed by atoms with Crippen LogP contribution in [0.5, 0.6) is 0 Å². The van der Waals surface area contributed by atoms with E-state index in [1.807, 2.05) is 0 Å². The van der Waals surface area contributed by atoms with Crippen LogP contribution in [0.1, 0.15) is 24.3 Å². The minimum Gasteiger partial charge on any atom is -0.379 e. The smallest absolute Gasteiger partial charge is 0.281 e. The third-order valence-electron chi connectivity index (χ3n) is 4.36. The number of ether oxygens (including phenoxy) is 1. The number of aromatic nitrogens is 4. The average Bonchev–Trinajstić information content (AvgIpc) is 2.79. The van der Waals surface area contributed by atoms with E-state index in [9.17, 15) is 9.59 Å². The summed E-state index contributed by atoms with van der Waals surface area (Å²) in [5, 5.41) is 6.66. The van der Waals surface area contributed by atoms with Crippen LogP contribution in [-0.4, -0.2) is 56.9 Å². The molecule has 0 spiro atoms. The molecule has 1 saturated heterocycles. The number of nitrogens with one attached hydrogen (secondary N) is 1. The van der Waals surface area contributed by atoms with Crippen LogP contribution in [0.2, 0.25) is 0 Å². The summed E-state index contributed by atoms with van der Waals surface area (Å²) in [7, 11) is 1.60. The largest absolute Gasteiger partial charge is 0.379 e. The number of aryl methyl sites for hydroxylation is 1. The fourth-order valence-corrected chi connectivity index (χ4v) is 2.71. The third kappa shape index (κ3) is 2.86. The second kappa shape index (κ2) is 6.11. The van der Waals surface area contributed by atoms with Crippen molar-refractivity contribution in [3.63, 3.8) is 0 Å². The molecule has 3 rings (SSSR count). The topological polar surface area (TPSA) is 93.1 Å². The molecule has 1 amide bonds. The number of carbonyl (C=O) groups excluding carboxylic acids is 1. The van der Waals surface area contributed by atoms with Gasteiger partial charge in [-0.05, 0) is 5.92 Å². The second-order valence-electron chi connectivity index (χ2n) is 6.29. The summed E-state index contributed by atoms with van der Waals surface area (Å²) in [5.74, 6) is 0.521. The first kappa shape index (κ1) is 15.7. The minimum absolute atomic E-state index is 0.185. The zero-order valence-electron chi connectivity index (χ0n) is 13.6. The van der Waals surface area contributed by atoms with Crippen molar-refractivity contribution >= 4 is 16.9 Å². The first-order valence-electron chi connectivity index (χ1n) is 7.75. The van der Waals surface area contributed by atoms with E-state index in [1.54, 1.807) is 11.9 Å². The van der Waals surface area contributed by atoms with Crippen molar-refractivity contribution in [2.75, 3.05) is 26.3 Å². The molecule has 8 heteroatoms. The quantitative estimate of drug-likeness (QED) is 0.865. The molecule has 1 aliphatic rings. The Morgan fingerprint density at radius 2 is 2.22 bits per heavy atom. The number of nitrogens with zero attached hydrogens (tertiary/aromatic N) is 4. The molecule has 8 nitrogen and oxygen atoms in total. The van der Waals surface area contributed by atoms with Gasteiger partial charge in [0.2, 0.25) is 0 Å². The maximum absolute atomic E-state index is 12.8. The molecule has 2 aromatic rings. The van der Waals surface area contributed by atoms with Crippen molar-refractivity contribution in [3.05, 3.63) is 22.4 Å². The van der Waals surface area contributed by atoms with Crippen molar-refractivity contribution in [1.29, 1.82) is 0 Å². The van der Waals surface area contributed by atoms with E-state index < -0.39 is 0 Å². The lowest BCUT2D eigenvalue weighted by Crippen LogP contribution is -2.37. The summed E-state index contributed by atoms with van der Waals surface area (Å²) < 4.78 is 6.94. The van der Waals surface area contributed by atoms with Gasteiger partial charge in [-0.2, -0.15) is 5.10 Å². The molecule has 0 aromatic carbocycles. The first-order valence-corrected chi connectivity index (χ1v) is 7.75. The van der Waals surface area contributed by atoms with Gasteiger partial charge in [0, 0.05) is 26.1 Å². The summed E-state index contributed by atoms with van der Waals surface area (Å²) in [5.41, 5.74) is 0.501. The average molecular weight is 319 g/mol. The summed E-state index contributed by atoms with van der Waals surface area (Å²) in [6, 6.07) is 0. The Morgan fingerprint density at radius 1 is 1.43 bits per heavy atom. The Hall–Kier alpha value is -2.22. The summed E-state index contributed by atoms with van der Waals surface area (Å²) >= 11 is 0. The standard InChI is InChI=1S/C15H21N5O3/c1-9(2)10-6-20(4-5-23-7-10)15(22)13-11-12(17-18-13)14(21)19(3)8-16-11/h8-10H,4-7H2,1-3H3,(H,17,18). The van der Waals surface area contributed by atoms with E-state index in [1.165, 1.54) is 10.9 Å². The van der Waals surface area contributed by atoms with E-state index in [0.717, 1.165) is 0 Å². The maximum Gasteiger partial charge on any atom is 0.281 e. The van der Waals surface area contributed by atoms with Crippen LogP contribution in [0.3, 0.4) is 0 Å². The monoisotopic (exact) mass is 319 g/mol. The van der Waals surface area contributed by atoms with Gasteiger partial charge < -0.3 is 14.2 Å². The van der Waals surface area contributed by atoms with E-state index in [0.29, 0.717) is 37.7 Å². The Labute approximate surface area is 133 Å². The first-order chi connectivity index (χ1) is 11.0. The van der Waals surface area contributed by atoms with Gasteiger partial charge in [-0.3, -0.25) is 14.7 Å². The minimum atomic E-state index is -0.274. The SMILES string of the molecule is CC(C)C1COCCN(C(=O)c2[nH]nc3c(=O)n(C)cnc23)C1. The zero-order chi connectivity index (χ0) is 16.6. The summed E-state index contributed by atoms with van der Waals surface area (Å²) in [6.07, 6.45) is 1.40. The molecule has 124 valence electrons. The number of hydrogen-bond donors (Lipinski definition) is 1. The highest BCUT2D eigenvalue weighted by Crippen LogP contribution is 2.19. The Morgan fingerprint density at radius 3 is 2.96 bits per heavy atom. The molecular formula is C15H21N5O3. The molecule has 1 fully saturated rings. The van der Waals surface area contributed by atoms with Crippen LogP contribution in [0.25, 0.3) is 11.0 Å². The van der Waals surface area contributed by atoms with Crippen LogP contribution < -0.4 is 5.56 Å². The van der Waals surface area contributed by atoms with Gasteiger partial charge in [0.1, 0.15) is 11.2 Å². The van der Waals surface area contributed by atoms with Crippen LogP contribution in [0.4, 0.5) is 0 Å². The van der Waals surface area contributed by atoms with E-state index in [-0.39, 0.29) is 28.6 Å². The molecule has 1 atom stereocenters. The van der Waals surface area contributed by atoms with Gasteiger partial charge in [-0.25, -0.2) is 4.98 Å². The number of aromatic amines is 1. The van der Waals surface area contributed by atoms with Crippen molar-refractivity contribution in [3.8, 4) is 0 Å². The van der Waals surface area contributed by atoms with Crippen LogP contribution in [-0.2, 0) is 11.8 Å². The molecule has 0 bridgehead atoms. The van der Waals surface area contributed by atoms with Crippen LogP contribution >= 0.6 is 0 Å². The van der Waals surface area contributed by atoms with Gasteiger partial charge in [-0.15, -0.1) is 0 Å². The highest BCUT2D eigenvalue weighted by Gasteiger charge is 2.28. The summed E-state index contributed by atoms with van der Waals surface area (Å²) in [4.78, 5) is 30.8. The van der Waals surface area contributed by atoms with Crippen molar-refractivity contribution in [2.24, 2.45) is 18.9 Å². The second-order valence-corrected chi connectivity index (χ2v) is 6.29. The zero-order valence-corrected chi connectivity index (χ0v) is 13.6. The molecule has 23 heavy (non-hydrogen) atoms. The van der Waals surface area contributed by atoms with Crippen molar-refractivity contribution < 1.29 is 9.53 Å². The van der Waals surface area contributed by atoms with Crippen LogP contribution in [0, 0.1) is 11.8 Å². The third-order valence-corrected chi connectivity index (χ3v) is 4.36. The number of carbonyl (C=O) groups is 1. The van der Waals surface area contributed by atoms with Crippen molar-refractivity contribution in [2.45, 2.75) is 13.8 Å². The lowest BCUT2D eigenvalue weighted by Gasteiger charge is -2.25. The fourth-order valence-electron chi connectivity index (χ4n) is 2.71. The number of amides is 1. The Kier molecular flexibility index (Phi) is 4.16. The van der Waals surface area contributed by atoms with Gasteiger partial charge in [0.05, 0.1) is 19.5 Å². The molecule has 3 heterocycles. The summed E-state index contributed by atoms with van der Waals surface area (Å²) in [6.45, 7) is 6.56. The highest BCUT2D eigenvalue weighted by atomic mass is 16.5. The Balaban J connectivity index is 1.93. The lowest BCUT2D eigenvalue weighted by atomic mass is 9.96. The molecule has 1 aliphatic heterocycles. The molecule has 0 radical (unpaired) electrons. The van der Waals surface area contributed by atoms with E-state index >= 15 is 0 Å². The highest BCUT2D eigenvalue weighted by molar-refractivity contribution is 6.02. The van der Waals surface area contributed by atoms with Gasteiger partial charge >= 0.3 is 0 Å². The molecule has 1 unspecified atom stereocenters. The Bertz CT molecular complexity index is 779. The number of rotatable bonds is 2. The maximum atomic E-state index is 12.8. The lowest BCUT2D eigenvalue weighted by molar-refractivity contribution is 0.0729. The normalized spacial score (nSPS) is 19.3. The van der Waals surface area contributed by atoms with Gasteiger partial charge in [-0.1, -0.05) is 13.8 Å². The molecule has 1 N–H and O–H groups in total. The van der Waals surface area contributed by atoms with E-state index in [4.69, 9.17) is 4.74 Å². The van der Waals surface area contributed by atoms with Gasteiger partial charge in [0.15, 0.2) is 5.52 Å². The predicted molar refractivity (Wildman–Crippen MR) is 84.2 cm³/mol. The number of H-pyrrole nitrogens is 1. The van der Waals surface area contributed by atoms with Crippen molar-refractivity contribution in [1.82, 2.24) is 24.6 Å².